The molecule has 5 nitrogen and oxygen atoms in total. The van der Waals surface area contributed by atoms with Gasteiger partial charge in [-0.15, -0.1) is 0 Å². The Labute approximate surface area is 134 Å². The van der Waals surface area contributed by atoms with Crippen LogP contribution in [0.3, 0.4) is 0 Å². The number of carboxylic acid groups (broad SMARTS) is 1. The molecule has 21 heavy (non-hydrogen) atoms. The van der Waals surface area contributed by atoms with E-state index in [1.165, 1.54) is 30.5 Å². The number of hydrogen-bond acceptors (Lipinski definition) is 3. The second-order valence-corrected chi connectivity index (χ2v) is 5.19. The summed E-state index contributed by atoms with van der Waals surface area (Å²) in [5, 5.41) is 11.8. The molecule has 2 N–H and O–H groups in total. The lowest BCUT2D eigenvalue weighted by Gasteiger charge is -2.10. The zero-order valence-electron chi connectivity index (χ0n) is 10.2. The van der Waals surface area contributed by atoms with Crippen LogP contribution in [0.2, 0.25) is 15.1 Å². The number of anilines is 1. The van der Waals surface area contributed by atoms with Crippen molar-refractivity contribution >= 4 is 52.4 Å². The first-order valence-corrected chi connectivity index (χ1v) is 6.67. The second-order valence-electron chi connectivity index (χ2n) is 3.94. The molecule has 0 unspecified atom stereocenters. The molecule has 0 aliphatic heterocycles. The van der Waals surface area contributed by atoms with Gasteiger partial charge in [-0.05, 0) is 24.3 Å². The molecule has 1 aromatic carbocycles. The number of aromatic carboxylic acids is 1. The third-order valence-corrected chi connectivity index (χ3v) is 3.31. The number of halogens is 3. The number of hydrogen-bond donors (Lipinski definition) is 2. The number of nitrogens with one attached hydrogen (secondary N) is 1. The topological polar surface area (TPSA) is 79.3 Å². The molecule has 0 atom stereocenters. The maximum atomic E-state index is 12.0. The molecule has 0 fully saturated rings. The molecule has 0 saturated heterocycles. The van der Waals surface area contributed by atoms with E-state index in [1.807, 2.05) is 0 Å². The van der Waals surface area contributed by atoms with Crippen molar-refractivity contribution in [2.45, 2.75) is 0 Å². The summed E-state index contributed by atoms with van der Waals surface area (Å²) in [6.07, 6.45) is 1.33. The molecule has 0 radical (unpaired) electrons. The summed E-state index contributed by atoms with van der Waals surface area (Å²) in [7, 11) is 0. The lowest BCUT2D eigenvalue weighted by atomic mass is 10.2. The Kier molecular flexibility index (Phi) is 4.67. The number of rotatable bonds is 3. The lowest BCUT2D eigenvalue weighted by Crippen LogP contribution is -2.14. The van der Waals surface area contributed by atoms with Gasteiger partial charge in [-0.3, -0.25) is 4.79 Å². The van der Waals surface area contributed by atoms with Crippen LogP contribution in [0.25, 0.3) is 0 Å². The number of carbonyl (C=O) groups is 2. The third-order valence-electron chi connectivity index (χ3n) is 2.49. The van der Waals surface area contributed by atoms with Gasteiger partial charge >= 0.3 is 5.97 Å². The average molecular weight is 346 g/mol. The third kappa shape index (κ3) is 3.64. The maximum Gasteiger partial charge on any atom is 0.335 e. The van der Waals surface area contributed by atoms with Gasteiger partial charge in [0.25, 0.3) is 5.91 Å². The quantitative estimate of drug-likeness (QED) is 0.881. The highest BCUT2D eigenvalue weighted by atomic mass is 35.5. The fraction of sp³-hybridized carbons (Fsp3) is 0. The second kappa shape index (κ2) is 6.30. The van der Waals surface area contributed by atoms with E-state index in [1.54, 1.807) is 0 Å². The molecule has 1 amide bonds. The van der Waals surface area contributed by atoms with E-state index in [2.05, 4.69) is 10.3 Å². The Balaban J connectivity index is 2.29. The summed E-state index contributed by atoms with van der Waals surface area (Å²) in [6.45, 7) is 0. The normalized spacial score (nSPS) is 10.2. The summed E-state index contributed by atoms with van der Waals surface area (Å²) in [5.41, 5.74) is 0.159. The number of nitrogens with zero attached hydrogens (tertiary/aromatic N) is 1. The molecular formula is C13H7Cl3N2O3. The van der Waals surface area contributed by atoms with Crippen LogP contribution in [0.15, 0.2) is 30.5 Å². The van der Waals surface area contributed by atoms with Crippen LogP contribution in [-0.4, -0.2) is 22.0 Å². The highest BCUT2D eigenvalue weighted by Gasteiger charge is 2.16. The van der Waals surface area contributed by atoms with Crippen LogP contribution < -0.4 is 5.32 Å². The highest BCUT2D eigenvalue weighted by molar-refractivity contribution is 6.40. The number of carbonyl (C=O) groups excluding carboxylic acids is 1. The van der Waals surface area contributed by atoms with Crippen molar-refractivity contribution in [2.75, 3.05) is 5.32 Å². The van der Waals surface area contributed by atoms with E-state index in [4.69, 9.17) is 39.9 Å². The van der Waals surface area contributed by atoms with Gasteiger partial charge in [0, 0.05) is 6.20 Å². The first-order chi connectivity index (χ1) is 9.88. The van der Waals surface area contributed by atoms with Crippen molar-refractivity contribution in [1.29, 1.82) is 0 Å². The molecule has 2 aromatic rings. The molecule has 0 bridgehead atoms. The molecule has 8 heteroatoms. The van der Waals surface area contributed by atoms with Crippen LogP contribution in [0, 0.1) is 0 Å². The molecule has 0 saturated carbocycles. The molecular weight excluding hydrogens is 339 g/mol. The van der Waals surface area contributed by atoms with E-state index in [0.29, 0.717) is 5.02 Å². The summed E-state index contributed by atoms with van der Waals surface area (Å²) >= 11 is 17.5. The zero-order valence-corrected chi connectivity index (χ0v) is 12.5. The maximum absolute atomic E-state index is 12.0. The van der Waals surface area contributed by atoms with Crippen molar-refractivity contribution in [3.05, 3.63) is 56.8 Å². The van der Waals surface area contributed by atoms with Crippen LogP contribution in [0.1, 0.15) is 20.8 Å². The van der Waals surface area contributed by atoms with E-state index in [9.17, 15) is 9.59 Å². The summed E-state index contributed by atoms with van der Waals surface area (Å²) in [5.74, 6) is -1.71. The Hall–Kier alpha value is -1.82. The number of amides is 1. The first-order valence-electron chi connectivity index (χ1n) is 5.53. The Morgan fingerprint density at radius 2 is 1.71 bits per heavy atom. The van der Waals surface area contributed by atoms with Crippen molar-refractivity contribution in [1.82, 2.24) is 4.98 Å². The largest absolute Gasteiger partial charge is 0.478 e. The van der Waals surface area contributed by atoms with E-state index in [0.717, 1.165) is 0 Å². The molecule has 1 aromatic heterocycles. The van der Waals surface area contributed by atoms with Crippen LogP contribution in [0.4, 0.5) is 5.69 Å². The minimum Gasteiger partial charge on any atom is -0.478 e. The van der Waals surface area contributed by atoms with Gasteiger partial charge in [0.2, 0.25) is 0 Å². The van der Waals surface area contributed by atoms with E-state index < -0.39 is 11.9 Å². The lowest BCUT2D eigenvalue weighted by molar-refractivity contribution is 0.0696. The summed E-state index contributed by atoms with van der Waals surface area (Å²) < 4.78 is 0. The Bertz CT molecular complexity index is 694. The summed E-state index contributed by atoms with van der Waals surface area (Å²) in [6, 6.07) is 5.34. The fourth-order valence-corrected chi connectivity index (χ4v) is 2.20. The summed E-state index contributed by atoms with van der Waals surface area (Å²) in [4.78, 5) is 26.7. The Morgan fingerprint density at radius 3 is 2.19 bits per heavy atom. The molecule has 108 valence electrons. The van der Waals surface area contributed by atoms with Gasteiger partial charge in [0.1, 0.15) is 5.69 Å². The SMILES string of the molecule is O=C(O)c1cc(Cl)c(NC(=O)c2ccc(Cl)cn2)c(Cl)c1. The highest BCUT2D eigenvalue weighted by Crippen LogP contribution is 2.32. The van der Waals surface area contributed by atoms with Crippen molar-refractivity contribution in [2.24, 2.45) is 0 Å². The number of pyridine rings is 1. The predicted octanol–water partition coefficient (Wildman–Crippen LogP) is 3.99. The number of carboxylic acids is 1. The monoisotopic (exact) mass is 344 g/mol. The smallest absolute Gasteiger partial charge is 0.335 e. The number of aromatic nitrogens is 1. The van der Waals surface area contributed by atoms with Gasteiger partial charge in [-0.25, -0.2) is 9.78 Å². The van der Waals surface area contributed by atoms with Gasteiger partial charge in [-0.1, -0.05) is 34.8 Å². The minimum atomic E-state index is -1.17. The van der Waals surface area contributed by atoms with Crippen LogP contribution >= 0.6 is 34.8 Å². The zero-order chi connectivity index (χ0) is 15.6. The van der Waals surface area contributed by atoms with Crippen molar-refractivity contribution in [3.8, 4) is 0 Å². The minimum absolute atomic E-state index is 0.0159. The van der Waals surface area contributed by atoms with Gasteiger partial charge in [-0.2, -0.15) is 0 Å². The van der Waals surface area contributed by atoms with E-state index >= 15 is 0 Å². The predicted molar refractivity (Wildman–Crippen MR) is 80.6 cm³/mol. The molecule has 1 heterocycles. The molecule has 0 spiro atoms. The van der Waals surface area contributed by atoms with Gasteiger partial charge in [0.05, 0.1) is 26.3 Å². The Morgan fingerprint density at radius 1 is 1.10 bits per heavy atom. The molecule has 2 rings (SSSR count). The van der Waals surface area contributed by atoms with Gasteiger partial charge in [0.15, 0.2) is 0 Å². The standard InChI is InChI=1S/C13H7Cl3N2O3/c14-7-1-2-10(17-5-7)12(19)18-11-8(15)3-6(13(20)21)4-9(11)16/h1-5H,(H,18,19)(H,20,21). The fourth-order valence-electron chi connectivity index (χ4n) is 1.50. The number of benzene rings is 1. The van der Waals surface area contributed by atoms with E-state index in [-0.39, 0.29) is 27.0 Å². The molecule has 0 aliphatic rings. The first kappa shape index (κ1) is 15.6. The average Bonchev–Trinajstić information content (AvgIpc) is 2.43. The van der Waals surface area contributed by atoms with Gasteiger partial charge < -0.3 is 10.4 Å². The van der Waals surface area contributed by atoms with Crippen molar-refractivity contribution < 1.29 is 14.7 Å². The van der Waals surface area contributed by atoms with Crippen LogP contribution in [0.5, 0.6) is 0 Å². The van der Waals surface area contributed by atoms with Crippen LogP contribution in [-0.2, 0) is 0 Å². The molecule has 0 aliphatic carbocycles. The van der Waals surface area contributed by atoms with Crippen molar-refractivity contribution in [3.63, 3.8) is 0 Å².